The highest BCUT2D eigenvalue weighted by atomic mass is 35.5. The number of nitrogen functional groups attached to an aromatic ring is 1. The molecule has 2 aromatic rings. The maximum Gasteiger partial charge on any atom is 0.453 e. The van der Waals surface area contributed by atoms with Gasteiger partial charge in [0.05, 0.1) is 11.8 Å². The molecule has 0 bridgehead atoms. The zero-order valence-electron chi connectivity index (χ0n) is 12.3. The van der Waals surface area contributed by atoms with Crippen LogP contribution in [0.3, 0.4) is 0 Å². The Hall–Kier alpha value is -1.94. The monoisotopic (exact) mass is 379 g/mol. The number of thioether (sulfide) groups is 1. The molecule has 1 heterocycles. The van der Waals surface area contributed by atoms with Gasteiger partial charge in [-0.2, -0.15) is 13.2 Å². The third-order valence-corrected chi connectivity index (χ3v) is 4.29. The van der Waals surface area contributed by atoms with E-state index in [-0.39, 0.29) is 17.0 Å². The molecule has 3 N–H and O–H groups in total. The minimum Gasteiger partial charge on any atom is -0.349 e. The van der Waals surface area contributed by atoms with Crippen LogP contribution in [-0.4, -0.2) is 26.5 Å². The Balaban J connectivity index is 1.95. The lowest BCUT2D eigenvalue weighted by atomic mass is 10.1. The summed E-state index contributed by atoms with van der Waals surface area (Å²) in [4.78, 5) is 11.9. The van der Waals surface area contributed by atoms with Crippen LogP contribution in [0.5, 0.6) is 0 Å². The van der Waals surface area contributed by atoms with Crippen LogP contribution in [0, 0.1) is 0 Å². The van der Waals surface area contributed by atoms with Crippen LogP contribution >= 0.6 is 23.4 Å². The van der Waals surface area contributed by atoms with Gasteiger partial charge in [-0.05, 0) is 18.6 Å². The van der Waals surface area contributed by atoms with Crippen molar-refractivity contribution >= 4 is 29.3 Å². The summed E-state index contributed by atoms with van der Waals surface area (Å²) in [6.45, 7) is 1.75. The van der Waals surface area contributed by atoms with Crippen molar-refractivity contribution in [2.75, 3.05) is 11.6 Å². The maximum absolute atomic E-state index is 12.6. The first-order valence-corrected chi connectivity index (χ1v) is 8.00. The lowest BCUT2D eigenvalue weighted by Crippen LogP contribution is -2.28. The lowest BCUT2D eigenvalue weighted by Gasteiger charge is -2.15. The maximum atomic E-state index is 12.6. The summed E-state index contributed by atoms with van der Waals surface area (Å²) in [5, 5.41) is 9.32. The number of nitrogens with two attached hydrogens (primary N) is 1. The number of carbonyl (C=O) groups is 1. The fourth-order valence-electron chi connectivity index (χ4n) is 1.89. The van der Waals surface area contributed by atoms with E-state index in [2.05, 4.69) is 15.5 Å². The van der Waals surface area contributed by atoms with E-state index in [1.165, 1.54) is 0 Å². The SMILES string of the molecule is C[C@H](NC(=O)CSc1nnc(C(F)(F)F)n1N)c1ccccc1Cl. The number of aromatic nitrogens is 3. The molecule has 1 amide bonds. The lowest BCUT2D eigenvalue weighted by molar-refractivity contribution is -0.146. The summed E-state index contributed by atoms with van der Waals surface area (Å²) in [6.07, 6.45) is -4.71. The van der Waals surface area contributed by atoms with Crippen molar-refractivity contribution in [3.8, 4) is 0 Å². The molecular weight excluding hydrogens is 367 g/mol. The second-order valence-corrected chi connectivity index (χ2v) is 6.12. The fourth-order valence-corrected chi connectivity index (χ4v) is 2.85. The minimum absolute atomic E-state index is 0.165. The zero-order chi connectivity index (χ0) is 17.9. The molecule has 2 rings (SSSR count). The quantitative estimate of drug-likeness (QED) is 0.616. The Bertz CT molecular complexity index is 737. The number of carbonyl (C=O) groups excluding carboxylic acids is 1. The number of halogens is 4. The molecule has 0 aliphatic heterocycles. The number of rotatable bonds is 5. The van der Waals surface area contributed by atoms with E-state index in [1.807, 2.05) is 0 Å². The number of benzene rings is 1. The number of amides is 1. The van der Waals surface area contributed by atoms with Crippen LogP contribution in [0.1, 0.15) is 24.4 Å². The van der Waals surface area contributed by atoms with Crippen molar-refractivity contribution in [1.82, 2.24) is 20.2 Å². The van der Waals surface area contributed by atoms with E-state index >= 15 is 0 Å². The molecule has 0 aliphatic carbocycles. The van der Waals surface area contributed by atoms with Gasteiger partial charge in [-0.3, -0.25) is 4.79 Å². The van der Waals surface area contributed by atoms with Gasteiger partial charge in [0.2, 0.25) is 11.1 Å². The first-order valence-electron chi connectivity index (χ1n) is 6.64. The predicted octanol–water partition coefficient (Wildman–Crippen LogP) is 2.63. The molecule has 0 saturated heterocycles. The van der Waals surface area contributed by atoms with E-state index < -0.39 is 17.9 Å². The molecule has 24 heavy (non-hydrogen) atoms. The molecule has 0 saturated carbocycles. The van der Waals surface area contributed by atoms with Crippen molar-refractivity contribution in [3.05, 3.63) is 40.7 Å². The van der Waals surface area contributed by atoms with E-state index in [1.54, 1.807) is 31.2 Å². The Morgan fingerprint density at radius 1 is 1.42 bits per heavy atom. The van der Waals surface area contributed by atoms with Gasteiger partial charge in [0, 0.05) is 5.02 Å². The highest BCUT2D eigenvalue weighted by Gasteiger charge is 2.38. The number of hydrogen-bond acceptors (Lipinski definition) is 5. The van der Waals surface area contributed by atoms with Gasteiger partial charge >= 0.3 is 6.18 Å². The molecule has 0 spiro atoms. The van der Waals surface area contributed by atoms with Crippen molar-refractivity contribution in [3.63, 3.8) is 0 Å². The van der Waals surface area contributed by atoms with Gasteiger partial charge in [-0.15, -0.1) is 10.2 Å². The number of nitrogens with zero attached hydrogens (tertiary/aromatic N) is 3. The molecule has 0 aliphatic rings. The minimum atomic E-state index is -4.71. The Morgan fingerprint density at radius 3 is 2.67 bits per heavy atom. The summed E-state index contributed by atoms with van der Waals surface area (Å²) in [7, 11) is 0. The van der Waals surface area contributed by atoms with Gasteiger partial charge in [0.1, 0.15) is 0 Å². The van der Waals surface area contributed by atoms with Gasteiger partial charge in [0.25, 0.3) is 5.82 Å². The number of alkyl halides is 3. The summed E-state index contributed by atoms with van der Waals surface area (Å²) in [5.41, 5.74) is 0.735. The molecule has 130 valence electrons. The van der Waals surface area contributed by atoms with Gasteiger partial charge in [-0.25, -0.2) is 4.68 Å². The molecule has 6 nitrogen and oxygen atoms in total. The first kappa shape index (κ1) is 18.4. The van der Waals surface area contributed by atoms with Gasteiger partial charge < -0.3 is 11.2 Å². The van der Waals surface area contributed by atoms with Crippen molar-refractivity contribution in [2.24, 2.45) is 0 Å². The molecule has 0 radical (unpaired) electrons. The predicted molar refractivity (Wildman–Crippen MR) is 83.9 cm³/mol. The van der Waals surface area contributed by atoms with E-state index in [0.717, 1.165) is 17.3 Å². The van der Waals surface area contributed by atoms with E-state index in [4.69, 9.17) is 17.4 Å². The van der Waals surface area contributed by atoms with Crippen LogP contribution in [0.25, 0.3) is 0 Å². The number of nitrogens with one attached hydrogen (secondary N) is 1. The summed E-state index contributed by atoms with van der Waals surface area (Å²) < 4.78 is 38.0. The van der Waals surface area contributed by atoms with Crippen LogP contribution < -0.4 is 11.2 Å². The smallest absolute Gasteiger partial charge is 0.349 e. The van der Waals surface area contributed by atoms with Gasteiger partial charge in [-0.1, -0.05) is 41.6 Å². The zero-order valence-corrected chi connectivity index (χ0v) is 13.9. The normalized spacial score (nSPS) is 12.9. The van der Waals surface area contributed by atoms with Crippen LogP contribution in [0.2, 0.25) is 5.02 Å². The Kier molecular flexibility index (Phi) is 5.60. The number of hydrogen-bond donors (Lipinski definition) is 2. The van der Waals surface area contributed by atoms with Crippen LogP contribution in [0.15, 0.2) is 29.4 Å². The fraction of sp³-hybridized carbons (Fsp3) is 0.308. The average Bonchev–Trinajstić information content (AvgIpc) is 2.86. The summed E-state index contributed by atoms with van der Waals surface area (Å²) >= 11 is 6.79. The van der Waals surface area contributed by atoms with E-state index in [9.17, 15) is 18.0 Å². The summed E-state index contributed by atoms with van der Waals surface area (Å²) in [6, 6.07) is 6.67. The molecule has 0 fully saturated rings. The van der Waals surface area contributed by atoms with Crippen LogP contribution in [-0.2, 0) is 11.0 Å². The molecule has 1 aromatic carbocycles. The highest BCUT2D eigenvalue weighted by Crippen LogP contribution is 2.29. The molecule has 1 atom stereocenters. The van der Waals surface area contributed by atoms with Gasteiger partial charge in [0.15, 0.2) is 0 Å². The average molecular weight is 380 g/mol. The third kappa shape index (κ3) is 4.32. The Morgan fingerprint density at radius 2 is 2.08 bits per heavy atom. The highest BCUT2D eigenvalue weighted by molar-refractivity contribution is 7.99. The second kappa shape index (κ2) is 7.31. The molecule has 1 aromatic heterocycles. The third-order valence-electron chi connectivity index (χ3n) is 3.00. The largest absolute Gasteiger partial charge is 0.453 e. The molecule has 11 heteroatoms. The summed E-state index contributed by atoms with van der Waals surface area (Å²) in [5.74, 6) is 3.40. The first-order chi connectivity index (χ1) is 11.2. The molecule has 0 unspecified atom stereocenters. The van der Waals surface area contributed by atoms with E-state index in [0.29, 0.717) is 9.70 Å². The van der Waals surface area contributed by atoms with Crippen molar-refractivity contribution < 1.29 is 18.0 Å². The Labute approximate surface area is 144 Å². The molecular formula is C13H13ClF3N5OS. The van der Waals surface area contributed by atoms with Crippen LogP contribution in [0.4, 0.5) is 13.2 Å². The second-order valence-electron chi connectivity index (χ2n) is 4.77. The standard InChI is InChI=1S/C13H13ClF3N5OS/c1-7(8-4-2-3-5-9(8)14)19-10(23)6-24-12-21-20-11(22(12)18)13(15,16)17/h2-5,7H,6,18H2,1H3,(H,19,23)/t7-/m0/s1. The van der Waals surface area contributed by atoms with Crippen molar-refractivity contribution in [1.29, 1.82) is 0 Å². The van der Waals surface area contributed by atoms with Crippen molar-refractivity contribution in [2.45, 2.75) is 24.3 Å². The topological polar surface area (TPSA) is 85.8 Å².